The van der Waals surface area contributed by atoms with E-state index in [1.165, 1.54) is 0 Å². The average Bonchev–Trinajstić information content (AvgIpc) is 2.44. The highest BCUT2D eigenvalue weighted by Crippen LogP contribution is 2.21. The molecule has 0 aromatic carbocycles. The maximum Gasteiger partial charge on any atom is 0.195 e. The molecule has 4 heteroatoms. The molecule has 1 aromatic heterocycles. The Morgan fingerprint density at radius 1 is 1.54 bits per heavy atom. The summed E-state index contributed by atoms with van der Waals surface area (Å²) in [6, 6.07) is 0.427. The molecule has 3 nitrogen and oxygen atoms in total. The maximum absolute atomic E-state index is 5.16. The summed E-state index contributed by atoms with van der Waals surface area (Å²) in [5, 5.41) is 6.91. The summed E-state index contributed by atoms with van der Waals surface area (Å²) in [5.74, 6) is 1.60. The number of hydrogen-bond acceptors (Lipinski definition) is 2. The van der Waals surface area contributed by atoms with Gasteiger partial charge in [-0.05, 0) is 32.0 Å². The molecule has 0 bridgehead atoms. The van der Waals surface area contributed by atoms with Crippen LogP contribution in [0.3, 0.4) is 0 Å². The van der Waals surface area contributed by atoms with Crippen LogP contribution in [0, 0.1) is 17.6 Å². The van der Waals surface area contributed by atoms with Crippen molar-refractivity contribution in [2.24, 2.45) is 5.92 Å². The van der Waals surface area contributed by atoms with E-state index in [1.807, 2.05) is 6.92 Å². The molecule has 0 amide bonds. The lowest BCUT2D eigenvalue weighted by Gasteiger charge is -2.20. The molecule has 0 saturated heterocycles. The molecule has 1 rings (SSSR count). The van der Waals surface area contributed by atoms with Crippen LogP contribution >= 0.6 is 12.2 Å². The highest BCUT2D eigenvalue weighted by atomic mass is 32.1. The minimum absolute atomic E-state index is 0.427. The Balaban J connectivity index is 3.00. The predicted molar refractivity (Wildman–Crippen MR) is 56.3 cm³/mol. The minimum atomic E-state index is 0.427. The molecular formula is C9H17N3S. The van der Waals surface area contributed by atoms with E-state index in [1.54, 1.807) is 0 Å². The molecule has 1 N–H and O–H groups in total. The van der Waals surface area contributed by atoms with Crippen molar-refractivity contribution < 1.29 is 0 Å². The van der Waals surface area contributed by atoms with Crippen molar-refractivity contribution in [3.8, 4) is 0 Å². The number of H-pyrrole nitrogens is 1. The number of nitrogens with zero attached hydrogens (tertiary/aromatic N) is 2. The number of aryl methyl sites for hydroxylation is 1. The van der Waals surface area contributed by atoms with Gasteiger partial charge in [0.05, 0.1) is 0 Å². The van der Waals surface area contributed by atoms with Crippen LogP contribution in [0.15, 0.2) is 0 Å². The van der Waals surface area contributed by atoms with E-state index in [9.17, 15) is 0 Å². The number of hydrogen-bond donors (Lipinski definition) is 1. The van der Waals surface area contributed by atoms with E-state index < -0.39 is 0 Å². The van der Waals surface area contributed by atoms with Crippen molar-refractivity contribution in [1.29, 1.82) is 0 Å². The zero-order valence-electron chi connectivity index (χ0n) is 8.66. The fourth-order valence-electron chi connectivity index (χ4n) is 1.46. The molecule has 1 aromatic rings. The third kappa shape index (κ3) is 1.99. The third-order valence-corrected chi connectivity index (χ3v) is 3.04. The molecular weight excluding hydrogens is 182 g/mol. The topological polar surface area (TPSA) is 33.6 Å². The Bertz CT molecular complexity index is 326. The third-order valence-electron chi connectivity index (χ3n) is 2.76. The first-order valence-corrected chi connectivity index (χ1v) is 5.12. The van der Waals surface area contributed by atoms with Gasteiger partial charge in [0.15, 0.2) is 4.77 Å². The van der Waals surface area contributed by atoms with Crippen molar-refractivity contribution in [2.45, 2.75) is 40.2 Å². The summed E-state index contributed by atoms with van der Waals surface area (Å²) in [7, 11) is 0. The predicted octanol–water partition coefficient (Wildman–Crippen LogP) is 2.86. The van der Waals surface area contributed by atoms with Crippen LogP contribution in [0.5, 0.6) is 0 Å². The zero-order chi connectivity index (χ0) is 10.0. The van der Waals surface area contributed by atoms with Crippen LogP contribution in [0.25, 0.3) is 0 Å². The molecule has 13 heavy (non-hydrogen) atoms. The van der Waals surface area contributed by atoms with Crippen LogP contribution in [0.2, 0.25) is 0 Å². The molecule has 0 spiro atoms. The standard InChI is InChI=1S/C9H17N3S/c1-5-6(2)7(3)12-8(4)10-11-9(12)13/h6-7H,5H2,1-4H3,(H,11,13). The Morgan fingerprint density at radius 3 is 2.54 bits per heavy atom. The monoisotopic (exact) mass is 199 g/mol. The Labute approximate surface area is 84.2 Å². The Hall–Kier alpha value is -0.640. The SMILES string of the molecule is CCC(C)C(C)n1c(C)n[nH]c1=S. The Morgan fingerprint density at radius 2 is 2.15 bits per heavy atom. The first-order valence-electron chi connectivity index (χ1n) is 4.71. The van der Waals surface area contributed by atoms with E-state index in [2.05, 4.69) is 35.5 Å². The highest BCUT2D eigenvalue weighted by molar-refractivity contribution is 7.71. The maximum atomic E-state index is 5.16. The molecule has 1 heterocycles. The van der Waals surface area contributed by atoms with Crippen LogP contribution in [0.4, 0.5) is 0 Å². The molecule has 0 aliphatic heterocycles. The van der Waals surface area contributed by atoms with Gasteiger partial charge in [0, 0.05) is 6.04 Å². The van der Waals surface area contributed by atoms with Gasteiger partial charge in [0.25, 0.3) is 0 Å². The van der Waals surface area contributed by atoms with Gasteiger partial charge in [-0.1, -0.05) is 20.3 Å². The number of nitrogens with one attached hydrogen (secondary N) is 1. The van der Waals surface area contributed by atoms with E-state index in [-0.39, 0.29) is 0 Å². The van der Waals surface area contributed by atoms with Crippen LogP contribution in [-0.4, -0.2) is 14.8 Å². The molecule has 0 saturated carbocycles. The van der Waals surface area contributed by atoms with Gasteiger partial charge in [-0.25, -0.2) is 0 Å². The zero-order valence-corrected chi connectivity index (χ0v) is 9.48. The normalized spacial score (nSPS) is 15.7. The van der Waals surface area contributed by atoms with Crippen molar-refractivity contribution in [3.63, 3.8) is 0 Å². The van der Waals surface area contributed by atoms with Crippen molar-refractivity contribution in [3.05, 3.63) is 10.6 Å². The van der Waals surface area contributed by atoms with Gasteiger partial charge in [-0.3, -0.25) is 5.10 Å². The summed E-state index contributed by atoms with van der Waals surface area (Å²) < 4.78 is 2.81. The summed E-state index contributed by atoms with van der Waals surface area (Å²) in [5.41, 5.74) is 0. The summed E-state index contributed by atoms with van der Waals surface area (Å²) in [4.78, 5) is 0. The van der Waals surface area contributed by atoms with Crippen molar-refractivity contribution in [2.75, 3.05) is 0 Å². The van der Waals surface area contributed by atoms with Crippen LogP contribution in [-0.2, 0) is 0 Å². The summed E-state index contributed by atoms with van der Waals surface area (Å²) in [6.07, 6.45) is 1.16. The molecule has 0 aliphatic carbocycles. The molecule has 0 aliphatic rings. The number of aromatic amines is 1. The number of aromatic nitrogens is 3. The average molecular weight is 199 g/mol. The van der Waals surface area contributed by atoms with Gasteiger partial charge in [-0.15, -0.1) is 0 Å². The second-order valence-corrected chi connectivity index (χ2v) is 3.96. The molecule has 2 unspecified atom stereocenters. The van der Waals surface area contributed by atoms with E-state index >= 15 is 0 Å². The quantitative estimate of drug-likeness (QED) is 0.759. The first-order chi connectivity index (χ1) is 6.07. The molecule has 0 radical (unpaired) electrons. The lowest BCUT2D eigenvalue weighted by atomic mass is 10.0. The molecule has 2 atom stereocenters. The van der Waals surface area contributed by atoms with Crippen LogP contribution < -0.4 is 0 Å². The fourth-order valence-corrected chi connectivity index (χ4v) is 1.80. The first kappa shape index (κ1) is 10.4. The minimum Gasteiger partial charge on any atom is -0.301 e. The molecule has 0 fully saturated rings. The highest BCUT2D eigenvalue weighted by Gasteiger charge is 2.15. The van der Waals surface area contributed by atoms with Crippen molar-refractivity contribution in [1.82, 2.24) is 14.8 Å². The van der Waals surface area contributed by atoms with Crippen LogP contribution in [0.1, 0.15) is 39.1 Å². The van der Waals surface area contributed by atoms with E-state index in [4.69, 9.17) is 12.2 Å². The fraction of sp³-hybridized carbons (Fsp3) is 0.778. The largest absolute Gasteiger partial charge is 0.301 e. The second-order valence-electron chi connectivity index (χ2n) is 3.57. The summed E-state index contributed by atoms with van der Waals surface area (Å²) >= 11 is 5.16. The second kappa shape index (κ2) is 4.05. The van der Waals surface area contributed by atoms with Gasteiger partial charge in [0.2, 0.25) is 0 Å². The van der Waals surface area contributed by atoms with Gasteiger partial charge in [0.1, 0.15) is 5.82 Å². The van der Waals surface area contributed by atoms with Gasteiger partial charge in [-0.2, -0.15) is 5.10 Å². The number of rotatable bonds is 3. The lowest BCUT2D eigenvalue weighted by molar-refractivity contribution is 0.361. The van der Waals surface area contributed by atoms with Gasteiger partial charge < -0.3 is 4.57 Å². The summed E-state index contributed by atoms with van der Waals surface area (Å²) in [6.45, 7) is 8.59. The molecule has 74 valence electrons. The smallest absolute Gasteiger partial charge is 0.195 e. The lowest BCUT2D eigenvalue weighted by Crippen LogP contribution is -2.14. The van der Waals surface area contributed by atoms with Crippen molar-refractivity contribution >= 4 is 12.2 Å². The van der Waals surface area contributed by atoms with E-state index in [0.29, 0.717) is 12.0 Å². The Kier molecular flexibility index (Phi) is 3.25. The van der Waals surface area contributed by atoms with Gasteiger partial charge >= 0.3 is 0 Å². The van der Waals surface area contributed by atoms with E-state index in [0.717, 1.165) is 17.0 Å².